The molecule has 126 valence electrons. The van der Waals surface area contributed by atoms with Crippen molar-refractivity contribution in [1.82, 2.24) is 9.88 Å². The molecule has 1 amide bonds. The lowest BCUT2D eigenvalue weighted by Gasteiger charge is -2.16. The minimum absolute atomic E-state index is 0.116. The molecule has 1 aromatic carbocycles. The second kappa shape index (κ2) is 6.51. The van der Waals surface area contributed by atoms with Gasteiger partial charge in [-0.05, 0) is 42.5 Å². The van der Waals surface area contributed by atoms with Crippen molar-refractivity contribution in [3.8, 4) is 0 Å². The van der Waals surface area contributed by atoms with Gasteiger partial charge in [0.2, 0.25) is 0 Å². The summed E-state index contributed by atoms with van der Waals surface area (Å²) in [7, 11) is 0. The standard InChI is InChI=1S/C20H18N2O3/c23-17-11-19(25-18-6-2-1-5-16(17)18)20(24)22-9-7-15(13-22)10-14-4-3-8-21-12-14/h1-6,8,11-12,15H,7,9-10,13H2. The first-order valence-corrected chi connectivity index (χ1v) is 8.42. The Kier molecular flexibility index (Phi) is 4.06. The maximum atomic E-state index is 12.7. The van der Waals surface area contributed by atoms with Gasteiger partial charge >= 0.3 is 0 Å². The van der Waals surface area contributed by atoms with Gasteiger partial charge in [-0.3, -0.25) is 14.6 Å². The van der Waals surface area contributed by atoms with Crippen LogP contribution < -0.4 is 5.43 Å². The fourth-order valence-corrected chi connectivity index (χ4v) is 3.40. The van der Waals surface area contributed by atoms with E-state index < -0.39 is 0 Å². The number of likely N-dealkylation sites (tertiary alicyclic amines) is 1. The van der Waals surface area contributed by atoms with Crippen LogP contribution in [0.3, 0.4) is 0 Å². The molecule has 1 fully saturated rings. The predicted molar refractivity (Wildman–Crippen MR) is 94.4 cm³/mol. The molecule has 5 nitrogen and oxygen atoms in total. The number of rotatable bonds is 3. The number of hydrogen-bond acceptors (Lipinski definition) is 4. The highest BCUT2D eigenvalue weighted by Crippen LogP contribution is 2.23. The van der Waals surface area contributed by atoms with Crippen LogP contribution in [0.4, 0.5) is 0 Å². The third kappa shape index (κ3) is 3.18. The molecule has 1 saturated heterocycles. The zero-order valence-corrected chi connectivity index (χ0v) is 13.7. The van der Waals surface area contributed by atoms with Crippen molar-refractivity contribution in [3.05, 3.63) is 76.4 Å². The molecule has 0 bridgehead atoms. The fourth-order valence-electron chi connectivity index (χ4n) is 3.40. The molecule has 3 heterocycles. The van der Waals surface area contributed by atoms with Crippen LogP contribution in [0.2, 0.25) is 0 Å². The molecular formula is C20H18N2O3. The monoisotopic (exact) mass is 334 g/mol. The number of benzene rings is 1. The van der Waals surface area contributed by atoms with Gasteiger partial charge in [0.15, 0.2) is 11.2 Å². The number of carbonyl (C=O) groups is 1. The Balaban J connectivity index is 1.51. The van der Waals surface area contributed by atoms with E-state index in [1.165, 1.54) is 11.6 Å². The number of amides is 1. The van der Waals surface area contributed by atoms with Crippen molar-refractivity contribution in [2.75, 3.05) is 13.1 Å². The second-order valence-electron chi connectivity index (χ2n) is 6.44. The van der Waals surface area contributed by atoms with Crippen LogP contribution >= 0.6 is 0 Å². The topological polar surface area (TPSA) is 63.4 Å². The van der Waals surface area contributed by atoms with E-state index in [4.69, 9.17) is 4.42 Å². The van der Waals surface area contributed by atoms with Gasteiger partial charge in [-0.15, -0.1) is 0 Å². The second-order valence-corrected chi connectivity index (χ2v) is 6.44. The van der Waals surface area contributed by atoms with Crippen LogP contribution in [-0.4, -0.2) is 28.9 Å². The molecular weight excluding hydrogens is 316 g/mol. The number of pyridine rings is 1. The molecule has 0 saturated carbocycles. The molecule has 0 N–H and O–H groups in total. The van der Waals surface area contributed by atoms with Crippen molar-refractivity contribution in [1.29, 1.82) is 0 Å². The van der Waals surface area contributed by atoms with E-state index in [1.807, 2.05) is 12.3 Å². The van der Waals surface area contributed by atoms with Crippen molar-refractivity contribution < 1.29 is 9.21 Å². The van der Waals surface area contributed by atoms with E-state index in [-0.39, 0.29) is 17.1 Å². The van der Waals surface area contributed by atoms with Crippen LogP contribution in [0.25, 0.3) is 11.0 Å². The molecule has 1 aliphatic heterocycles. The molecule has 25 heavy (non-hydrogen) atoms. The Labute approximate surface area is 144 Å². The predicted octanol–water partition coefficient (Wildman–Crippen LogP) is 2.89. The summed E-state index contributed by atoms with van der Waals surface area (Å²) >= 11 is 0. The van der Waals surface area contributed by atoms with Gasteiger partial charge in [0.05, 0.1) is 5.39 Å². The summed E-state index contributed by atoms with van der Waals surface area (Å²) in [5.74, 6) is 0.308. The van der Waals surface area contributed by atoms with E-state index in [9.17, 15) is 9.59 Å². The molecule has 3 aromatic rings. The van der Waals surface area contributed by atoms with Gasteiger partial charge in [-0.25, -0.2) is 0 Å². The molecule has 1 atom stereocenters. The third-order valence-electron chi connectivity index (χ3n) is 4.67. The van der Waals surface area contributed by atoms with Crippen molar-refractivity contribution in [2.24, 2.45) is 5.92 Å². The first kappa shape index (κ1) is 15.6. The molecule has 2 aromatic heterocycles. The van der Waals surface area contributed by atoms with Crippen LogP contribution in [0.1, 0.15) is 22.5 Å². The van der Waals surface area contributed by atoms with Crippen LogP contribution in [0.5, 0.6) is 0 Å². The maximum absolute atomic E-state index is 12.7. The lowest BCUT2D eigenvalue weighted by atomic mass is 10.0. The lowest BCUT2D eigenvalue weighted by Crippen LogP contribution is -2.29. The summed E-state index contributed by atoms with van der Waals surface area (Å²) < 4.78 is 5.67. The SMILES string of the molecule is O=C(c1cc(=O)c2ccccc2o1)N1CCC(Cc2cccnc2)C1. The average Bonchev–Trinajstić information content (AvgIpc) is 3.10. The van der Waals surface area contributed by atoms with Gasteiger partial charge in [-0.2, -0.15) is 0 Å². The van der Waals surface area contributed by atoms with E-state index in [1.54, 1.807) is 35.4 Å². The van der Waals surface area contributed by atoms with E-state index >= 15 is 0 Å². The Morgan fingerprint density at radius 2 is 2.12 bits per heavy atom. The first-order valence-electron chi connectivity index (χ1n) is 8.42. The normalized spacial score (nSPS) is 17.1. The highest BCUT2D eigenvalue weighted by molar-refractivity contribution is 5.93. The van der Waals surface area contributed by atoms with Gasteiger partial charge in [0.25, 0.3) is 5.91 Å². The van der Waals surface area contributed by atoms with Gasteiger partial charge < -0.3 is 9.32 Å². The van der Waals surface area contributed by atoms with Crippen molar-refractivity contribution in [2.45, 2.75) is 12.8 Å². The van der Waals surface area contributed by atoms with E-state index in [2.05, 4.69) is 11.1 Å². The van der Waals surface area contributed by atoms with Crippen LogP contribution in [0.15, 0.2) is 64.1 Å². The zero-order valence-electron chi connectivity index (χ0n) is 13.7. The smallest absolute Gasteiger partial charge is 0.289 e. The van der Waals surface area contributed by atoms with Gasteiger partial charge in [0, 0.05) is 31.5 Å². The van der Waals surface area contributed by atoms with Gasteiger partial charge in [0.1, 0.15) is 5.58 Å². The number of hydrogen-bond donors (Lipinski definition) is 0. The minimum atomic E-state index is -0.212. The van der Waals surface area contributed by atoms with Crippen LogP contribution in [-0.2, 0) is 6.42 Å². The van der Waals surface area contributed by atoms with E-state index in [0.29, 0.717) is 30.0 Å². The zero-order chi connectivity index (χ0) is 17.2. The Morgan fingerprint density at radius 3 is 2.96 bits per heavy atom. The number of fused-ring (bicyclic) bond motifs is 1. The third-order valence-corrected chi connectivity index (χ3v) is 4.67. The molecule has 0 aliphatic carbocycles. The Morgan fingerprint density at radius 1 is 1.24 bits per heavy atom. The highest BCUT2D eigenvalue weighted by atomic mass is 16.3. The first-order chi connectivity index (χ1) is 12.2. The minimum Gasteiger partial charge on any atom is -0.451 e. The number of nitrogens with zero attached hydrogens (tertiary/aromatic N) is 2. The summed E-state index contributed by atoms with van der Waals surface area (Å²) in [6, 6.07) is 12.3. The largest absolute Gasteiger partial charge is 0.451 e. The van der Waals surface area contributed by atoms with Crippen molar-refractivity contribution in [3.63, 3.8) is 0 Å². The molecule has 4 rings (SSSR count). The maximum Gasteiger partial charge on any atom is 0.289 e. The number of para-hydroxylation sites is 1. The quantitative estimate of drug-likeness (QED) is 0.739. The molecule has 1 aliphatic rings. The number of aromatic nitrogens is 1. The van der Waals surface area contributed by atoms with Crippen LogP contribution in [0, 0.1) is 5.92 Å². The van der Waals surface area contributed by atoms with Gasteiger partial charge in [-0.1, -0.05) is 18.2 Å². The van der Waals surface area contributed by atoms with E-state index in [0.717, 1.165) is 12.8 Å². The molecule has 0 radical (unpaired) electrons. The summed E-state index contributed by atoms with van der Waals surface area (Å²) in [5.41, 5.74) is 1.44. The van der Waals surface area contributed by atoms with Crippen molar-refractivity contribution >= 4 is 16.9 Å². The Hall–Kier alpha value is -2.95. The summed E-state index contributed by atoms with van der Waals surface area (Å²) in [4.78, 5) is 30.8. The molecule has 1 unspecified atom stereocenters. The molecule has 5 heteroatoms. The highest BCUT2D eigenvalue weighted by Gasteiger charge is 2.28. The average molecular weight is 334 g/mol. The lowest BCUT2D eigenvalue weighted by molar-refractivity contribution is 0.0756. The molecule has 0 spiro atoms. The fraction of sp³-hybridized carbons (Fsp3) is 0.250. The number of carbonyl (C=O) groups excluding carboxylic acids is 1. The summed E-state index contributed by atoms with van der Waals surface area (Å²) in [6.45, 7) is 1.35. The summed E-state index contributed by atoms with van der Waals surface area (Å²) in [6.07, 6.45) is 5.47. The summed E-state index contributed by atoms with van der Waals surface area (Å²) in [5, 5.41) is 0.495. The Bertz CT molecular complexity index is 965.